The van der Waals surface area contributed by atoms with Gasteiger partial charge in [0.2, 0.25) is 5.91 Å². The molecular weight excluding hydrogens is 775 g/mol. The molecule has 3 unspecified atom stereocenters. The van der Waals surface area contributed by atoms with Crippen molar-refractivity contribution in [1.29, 1.82) is 0 Å². The molecular formula is C58H115NO4. The number of aliphatic hydroxyl groups is 3. The fourth-order valence-electron chi connectivity index (χ4n) is 9.37. The van der Waals surface area contributed by atoms with E-state index in [1.54, 1.807) is 0 Å². The summed E-state index contributed by atoms with van der Waals surface area (Å²) in [7, 11) is 0. The van der Waals surface area contributed by atoms with Crippen LogP contribution in [0.5, 0.6) is 0 Å². The quantitative estimate of drug-likeness (QED) is 0.0362. The molecule has 5 nitrogen and oxygen atoms in total. The number of hydrogen-bond acceptors (Lipinski definition) is 4. The number of nitrogens with one attached hydrogen (secondary N) is 1. The van der Waals surface area contributed by atoms with Crippen LogP contribution >= 0.6 is 0 Å². The van der Waals surface area contributed by atoms with Gasteiger partial charge in [-0.25, -0.2) is 0 Å². The fraction of sp³-hybridized carbons (Fsp3) is 0.948. The zero-order chi connectivity index (χ0) is 45.8. The van der Waals surface area contributed by atoms with E-state index in [2.05, 4.69) is 31.3 Å². The summed E-state index contributed by atoms with van der Waals surface area (Å²) in [5.41, 5.74) is 0. The molecule has 0 aromatic heterocycles. The average molecular weight is 891 g/mol. The van der Waals surface area contributed by atoms with Crippen molar-refractivity contribution in [2.45, 2.75) is 347 Å². The summed E-state index contributed by atoms with van der Waals surface area (Å²) in [4.78, 5) is 12.6. The minimum absolute atomic E-state index is 0.310. The molecule has 376 valence electrons. The largest absolute Gasteiger partial charge is 0.394 e. The van der Waals surface area contributed by atoms with E-state index >= 15 is 0 Å². The number of unbranched alkanes of at least 4 members (excludes halogenated alkanes) is 44. The normalized spacial score (nSPS) is 13.3. The summed E-state index contributed by atoms with van der Waals surface area (Å²) in [5.74, 6) is -0.465. The van der Waals surface area contributed by atoms with Crippen LogP contribution in [0.25, 0.3) is 0 Å². The van der Waals surface area contributed by atoms with E-state index < -0.39 is 24.2 Å². The fourth-order valence-corrected chi connectivity index (χ4v) is 9.37. The summed E-state index contributed by atoms with van der Waals surface area (Å²) in [6.45, 7) is 4.28. The highest BCUT2D eigenvalue weighted by Crippen LogP contribution is 2.18. The zero-order valence-corrected chi connectivity index (χ0v) is 43.0. The Morgan fingerprint density at radius 3 is 0.873 bits per heavy atom. The molecule has 0 aliphatic rings. The molecule has 0 heterocycles. The Bertz CT molecular complexity index is 894. The van der Waals surface area contributed by atoms with Crippen LogP contribution in [0.1, 0.15) is 328 Å². The van der Waals surface area contributed by atoms with E-state index in [1.807, 2.05) is 0 Å². The lowest BCUT2D eigenvalue weighted by Crippen LogP contribution is -2.49. The van der Waals surface area contributed by atoms with Crippen LogP contribution in [0.4, 0.5) is 0 Å². The monoisotopic (exact) mass is 890 g/mol. The van der Waals surface area contributed by atoms with Gasteiger partial charge in [-0.1, -0.05) is 302 Å². The Hall–Kier alpha value is -0.910. The third kappa shape index (κ3) is 48.8. The van der Waals surface area contributed by atoms with Gasteiger partial charge in [0, 0.05) is 0 Å². The second-order valence-corrected chi connectivity index (χ2v) is 20.2. The maximum Gasteiger partial charge on any atom is 0.249 e. The lowest BCUT2D eigenvalue weighted by Gasteiger charge is -2.23. The van der Waals surface area contributed by atoms with E-state index in [0.29, 0.717) is 12.8 Å². The van der Waals surface area contributed by atoms with Crippen molar-refractivity contribution in [3.63, 3.8) is 0 Å². The molecule has 63 heavy (non-hydrogen) atoms. The number of carbonyl (C=O) groups is 1. The van der Waals surface area contributed by atoms with E-state index in [-0.39, 0.29) is 6.61 Å². The number of allylic oxidation sites excluding steroid dienone is 2. The maximum absolute atomic E-state index is 12.6. The molecule has 5 heteroatoms. The first kappa shape index (κ1) is 62.1. The highest BCUT2D eigenvalue weighted by Gasteiger charge is 2.23. The molecule has 0 bridgehead atoms. The Morgan fingerprint density at radius 2 is 0.603 bits per heavy atom. The van der Waals surface area contributed by atoms with Gasteiger partial charge in [-0.3, -0.25) is 4.79 Å². The van der Waals surface area contributed by atoms with Crippen LogP contribution < -0.4 is 5.32 Å². The first-order chi connectivity index (χ1) is 31.1. The smallest absolute Gasteiger partial charge is 0.249 e. The Morgan fingerprint density at radius 1 is 0.365 bits per heavy atom. The first-order valence-electron chi connectivity index (χ1n) is 29.0. The second kappa shape index (κ2) is 53.7. The van der Waals surface area contributed by atoms with Crippen LogP contribution in [0.15, 0.2) is 12.2 Å². The third-order valence-corrected chi connectivity index (χ3v) is 13.9. The first-order valence-corrected chi connectivity index (χ1v) is 29.0. The van der Waals surface area contributed by atoms with E-state index in [9.17, 15) is 20.1 Å². The van der Waals surface area contributed by atoms with Gasteiger partial charge in [-0.15, -0.1) is 0 Å². The third-order valence-electron chi connectivity index (χ3n) is 13.9. The lowest BCUT2D eigenvalue weighted by molar-refractivity contribution is -0.131. The topological polar surface area (TPSA) is 89.8 Å². The molecule has 3 atom stereocenters. The van der Waals surface area contributed by atoms with Crippen LogP contribution in [-0.2, 0) is 4.79 Å². The number of aliphatic hydroxyl groups excluding tert-OH is 3. The molecule has 0 rings (SSSR count). The van der Waals surface area contributed by atoms with Gasteiger partial charge in [0.1, 0.15) is 6.10 Å². The van der Waals surface area contributed by atoms with E-state index in [4.69, 9.17) is 0 Å². The Balaban J connectivity index is 3.51. The minimum atomic E-state index is -1.07. The predicted molar refractivity (Wildman–Crippen MR) is 278 cm³/mol. The van der Waals surface area contributed by atoms with Crippen molar-refractivity contribution >= 4 is 5.91 Å². The maximum atomic E-state index is 12.6. The van der Waals surface area contributed by atoms with Gasteiger partial charge >= 0.3 is 0 Å². The zero-order valence-electron chi connectivity index (χ0n) is 43.0. The van der Waals surface area contributed by atoms with Gasteiger partial charge in [0.15, 0.2) is 0 Å². The van der Waals surface area contributed by atoms with Crippen molar-refractivity contribution in [3.05, 3.63) is 12.2 Å². The molecule has 0 fully saturated rings. The van der Waals surface area contributed by atoms with Crippen molar-refractivity contribution < 1.29 is 20.1 Å². The molecule has 0 spiro atoms. The van der Waals surface area contributed by atoms with Crippen molar-refractivity contribution in [3.8, 4) is 0 Å². The number of amides is 1. The number of carbonyl (C=O) groups excluding carboxylic acids is 1. The molecule has 0 radical (unpaired) electrons. The summed E-state index contributed by atoms with van der Waals surface area (Å²) in [5, 5.41) is 33.6. The Labute approximate surface area is 395 Å². The summed E-state index contributed by atoms with van der Waals surface area (Å²) in [6, 6.07) is -0.710. The standard InChI is InChI=1S/C58H115NO4/c1-3-5-7-9-11-13-15-17-19-21-23-25-27-28-29-30-31-33-35-37-39-41-43-45-47-49-51-53-57(62)58(63)59-55(54-60)56(61)52-50-48-46-44-42-40-38-36-34-32-26-24-22-20-18-16-14-12-10-8-6-4-2/h28-29,55-57,60-62H,3-27,30-54H2,1-2H3,(H,59,63)/b29-28-. The van der Waals surface area contributed by atoms with Crippen LogP contribution in [0.3, 0.4) is 0 Å². The van der Waals surface area contributed by atoms with E-state index in [1.165, 1.54) is 270 Å². The lowest BCUT2D eigenvalue weighted by atomic mass is 10.0. The SMILES string of the molecule is CCCCCCCCCCCCCC/C=C\CCCCCCCCCCCCCC(O)C(=O)NC(CO)C(O)CCCCCCCCCCCCCCCCCCCCCCCC. The molecule has 0 saturated carbocycles. The molecule has 0 aromatic rings. The van der Waals surface area contributed by atoms with Gasteiger partial charge < -0.3 is 20.6 Å². The molecule has 4 N–H and O–H groups in total. The van der Waals surface area contributed by atoms with Crippen LogP contribution in [0, 0.1) is 0 Å². The number of hydrogen-bond donors (Lipinski definition) is 4. The minimum Gasteiger partial charge on any atom is -0.394 e. The number of rotatable bonds is 54. The average Bonchev–Trinajstić information content (AvgIpc) is 3.29. The molecule has 0 aliphatic carbocycles. The van der Waals surface area contributed by atoms with Crippen LogP contribution in [0.2, 0.25) is 0 Å². The highest BCUT2D eigenvalue weighted by atomic mass is 16.3. The van der Waals surface area contributed by atoms with Gasteiger partial charge in [-0.2, -0.15) is 0 Å². The van der Waals surface area contributed by atoms with E-state index in [0.717, 1.165) is 32.1 Å². The van der Waals surface area contributed by atoms with Gasteiger partial charge in [-0.05, 0) is 38.5 Å². The molecule has 0 aromatic carbocycles. The summed E-state index contributed by atoms with van der Waals surface area (Å²) < 4.78 is 0. The summed E-state index contributed by atoms with van der Waals surface area (Å²) in [6.07, 6.45) is 66.9. The van der Waals surface area contributed by atoms with Gasteiger partial charge in [0.25, 0.3) is 0 Å². The van der Waals surface area contributed by atoms with Crippen LogP contribution in [-0.4, -0.2) is 46.1 Å². The van der Waals surface area contributed by atoms with Crippen molar-refractivity contribution in [2.75, 3.05) is 6.61 Å². The summed E-state index contributed by atoms with van der Waals surface area (Å²) >= 11 is 0. The Kier molecular flexibility index (Phi) is 52.9. The van der Waals surface area contributed by atoms with Crippen molar-refractivity contribution in [1.82, 2.24) is 5.32 Å². The second-order valence-electron chi connectivity index (χ2n) is 20.2. The molecule has 1 amide bonds. The van der Waals surface area contributed by atoms with Gasteiger partial charge in [0.05, 0.1) is 18.8 Å². The van der Waals surface area contributed by atoms with Crippen molar-refractivity contribution in [2.24, 2.45) is 0 Å². The highest BCUT2D eigenvalue weighted by molar-refractivity contribution is 5.80. The molecule has 0 aliphatic heterocycles. The predicted octanol–water partition coefficient (Wildman–Crippen LogP) is 17.9. The molecule has 0 saturated heterocycles.